The molecular weight excluding hydrogens is 280 g/mol. The maximum absolute atomic E-state index is 11.7. The molecule has 1 heteroatoms. The van der Waals surface area contributed by atoms with Crippen LogP contribution in [-0.4, -0.2) is 5.78 Å². The number of hydrogen-bond acceptors (Lipinski definition) is 1. The molecule has 0 aromatic rings. The zero-order chi connectivity index (χ0) is 17.0. The normalized spacial score (nSPS) is 17.3. The average Bonchev–Trinajstić information content (AvgIpc) is 2.46. The van der Waals surface area contributed by atoms with Crippen molar-refractivity contribution < 1.29 is 4.79 Å². The van der Waals surface area contributed by atoms with Gasteiger partial charge in [0.1, 0.15) is 0 Å². The highest BCUT2D eigenvalue weighted by Crippen LogP contribution is 2.35. The fourth-order valence-electron chi connectivity index (χ4n) is 3.83. The van der Waals surface area contributed by atoms with Crippen molar-refractivity contribution in [3.8, 4) is 0 Å². The summed E-state index contributed by atoms with van der Waals surface area (Å²) >= 11 is 0. The highest BCUT2D eigenvalue weighted by Gasteiger charge is 2.26. The van der Waals surface area contributed by atoms with Crippen LogP contribution in [0.15, 0.2) is 11.6 Å². The van der Waals surface area contributed by atoms with E-state index in [9.17, 15) is 4.79 Å². The van der Waals surface area contributed by atoms with Crippen LogP contribution in [0.25, 0.3) is 0 Å². The van der Waals surface area contributed by atoms with E-state index in [1.165, 1.54) is 82.6 Å². The van der Waals surface area contributed by atoms with Gasteiger partial charge in [-0.1, -0.05) is 97.0 Å². The van der Waals surface area contributed by atoms with Crippen molar-refractivity contribution >= 4 is 5.78 Å². The fourth-order valence-corrected chi connectivity index (χ4v) is 3.83. The summed E-state index contributed by atoms with van der Waals surface area (Å²) in [6.45, 7) is 6.73. The third-order valence-electron chi connectivity index (χ3n) is 5.07. The topological polar surface area (TPSA) is 17.1 Å². The van der Waals surface area contributed by atoms with Gasteiger partial charge in [-0.05, 0) is 30.8 Å². The summed E-state index contributed by atoms with van der Waals surface area (Å²) in [5, 5.41) is 0. The van der Waals surface area contributed by atoms with E-state index >= 15 is 0 Å². The van der Waals surface area contributed by atoms with Crippen molar-refractivity contribution in [3.63, 3.8) is 0 Å². The fraction of sp³-hybridized carbons (Fsp3) is 0.864. The molecule has 0 aromatic heterocycles. The molecule has 0 heterocycles. The SMILES string of the molecule is CCCCCCCCCCCCCCC1=CC(=O)CC(C)(C)C1. The number of unbranched alkanes of at least 4 members (excludes halogenated alkanes) is 11. The van der Waals surface area contributed by atoms with Gasteiger partial charge in [-0.15, -0.1) is 0 Å². The molecule has 0 N–H and O–H groups in total. The lowest BCUT2D eigenvalue weighted by Crippen LogP contribution is -2.21. The highest BCUT2D eigenvalue weighted by molar-refractivity contribution is 5.91. The van der Waals surface area contributed by atoms with Crippen molar-refractivity contribution in [2.75, 3.05) is 0 Å². The van der Waals surface area contributed by atoms with Crippen LogP contribution in [0.1, 0.15) is 117 Å². The predicted octanol–water partition coefficient (Wildman–Crippen LogP) is 7.39. The van der Waals surface area contributed by atoms with Crippen LogP contribution < -0.4 is 0 Å². The summed E-state index contributed by atoms with van der Waals surface area (Å²) in [5.41, 5.74) is 1.59. The molecule has 0 saturated heterocycles. The van der Waals surface area contributed by atoms with Crippen LogP contribution in [0.4, 0.5) is 0 Å². The standard InChI is InChI=1S/C22H40O/c1-4-5-6-7-8-9-10-11-12-13-14-15-16-20-17-21(23)19-22(2,3)18-20/h17H,4-16,18-19H2,1-3H3. The molecule has 0 aromatic carbocycles. The second kappa shape index (κ2) is 11.9. The molecular formula is C22H40O. The van der Waals surface area contributed by atoms with Gasteiger partial charge in [-0.2, -0.15) is 0 Å². The quantitative estimate of drug-likeness (QED) is 0.323. The molecule has 1 nitrogen and oxygen atoms in total. The largest absolute Gasteiger partial charge is 0.295 e. The summed E-state index contributed by atoms with van der Waals surface area (Å²) in [7, 11) is 0. The molecule has 0 atom stereocenters. The summed E-state index contributed by atoms with van der Waals surface area (Å²) < 4.78 is 0. The Morgan fingerprint density at radius 3 is 1.74 bits per heavy atom. The van der Waals surface area contributed by atoms with Gasteiger partial charge in [0.05, 0.1) is 0 Å². The molecule has 0 spiro atoms. The van der Waals surface area contributed by atoms with Crippen LogP contribution in [0.5, 0.6) is 0 Å². The lowest BCUT2D eigenvalue weighted by atomic mass is 9.76. The van der Waals surface area contributed by atoms with Gasteiger partial charge in [0.25, 0.3) is 0 Å². The van der Waals surface area contributed by atoms with Crippen molar-refractivity contribution in [1.29, 1.82) is 0 Å². The molecule has 1 aliphatic rings. The molecule has 0 bridgehead atoms. The molecule has 1 aliphatic carbocycles. The zero-order valence-electron chi connectivity index (χ0n) is 16.1. The van der Waals surface area contributed by atoms with Crippen LogP contribution in [0, 0.1) is 5.41 Å². The van der Waals surface area contributed by atoms with Crippen molar-refractivity contribution in [3.05, 3.63) is 11.6 Å². The van der Waals surface area contributed by atoms with E-state index < -0.39 is 0 Å². The molecule has 0 radical (unpaired) electrons. The van der Waals surface area contributed by atoms with Crippen LogP contribution in [-0.2, 0) is 4.79 Å². The molecule has 0 saturated carbocycles. The van der Waals surface area contributed by atoms with E-state index in [4.69, 9.17) is 0 Å². The summed E-state index contributed by atoms with van der Waals surface area (Å²) in [6, 6.07) is 0. The first-order valence-electron chi connectivity index (χ1n) is 10.3. The Labute approximate surface area is 145 Å². The van der Waals surface area contributed by atoms with Crippen LogP contribution in [0.2, 0.25) is 0 Å². The molecule has 0 fully saturated rings. The van der Waals surface area contributed by atoms with Gasteiger partial charge >= 0.3 is 0 Å². The van der Waals surface area contributed by atoms with Crippen LogP contribution >= 0.6 is 0 Å². The first kappa shape index (κ1) is 20.5. The molecule has 0 unspecified atom stereocenters. The Hall–Kier alpha value is -0.590. The lowest BCUT2D eigenvalue weighted by Gasteiger charge is -2.28. The molecule has 23 heavy (non-hydrogen) atoms. The van der Waals surface area contributed by atoms with E-state index in [1.807, 2.05) is 6.08 Å². The van der Waals surface area contributed by atoms with E-state index in [2.05, 4.69) is 20.8 Å². The number of carbonyl (C=O) groups excluding carboxylic acids is 1. The van der Waals surface area contributed by atoms with Gasteiger partial charge < -0.3 is 0 Å². The number of ketones is 1. The predicted molar refractivity (Wildman–Crippen MR) is 102 cm³/mol. The first-order chi connectivity index (χ1) is 11.0. The molecule has 1 rings (SSSR count). The van der Waals surface area contributed by atoms with Crippen molar-refractivity contribution in [1.82, 2.24) is 0 Å². The second-order valence-corrected chi connectivity index (χ2v) is 8.43. The van der Waals surface area contributed by atoms with Gasteiger partial charge in [-0.25, -0.2) is 0 Å². The van der Waals surface area contributed by atoms with Gasteiger partial charge in [0.2, 0.25) is 0 Å². The molecule has 0 aliphatic heterocycles. The average molecular weight is 321 g/mol. The van der Waals surface area contributed by atoms with E-state index in [1.54, 1.807) is 0 Å². The Morgan fingerprint density at radius 1 is 0.783 bits per heavy atom. The number of rotatable bonds is 13. The Bertz CT molecular complexity index is 351. The summed E-state index contributed by atoms with van der Waals surface area (Å²) in [6.07, 6.45) is 21.7. The second-order valence-electron chi connectivity index (χ2n) is 8.43. The van der Waals surface area contributed by atoms with E-state index in [0.717, 1.165) is 19.3 Å². The minimum atomic E-state index is 0.193. The van der Waals surface area contributed by atoms with Gasteiger partial charge in [0, 0.05) is 6.42 Å². The monoisotopic (exact) mass is 320 g/mol. The Morgan fingerprint density at radius 2 is 1.26 bits per heavy atom. The van der Waals surface area contributed by atoms with Crippen molar-refractivity contribution in [2.24, 2.45) is 5.41 Å². The number of hydrogen-bond donors (Lipinski definition) is 0. The Kier molecular flexibility index (Phi) is 10.6. The highest BCUT2D eigenvalue weighted by atomic mass is 16.1. The first-order valence-corrected chi connectivity index (χ1v) is 10.3. The maximum Gasteiger partial charge on any atom is 0.156 e. The lowest BCUT2D eigenvalue weighted by molar-refractivity contribution is -0.117. The third kappa shape index (κ3) is 10.7. The minimum Gasteiger partial charge on any atom is -0.295 e. The summed E-state index contributed by atoms with van der Waals surface area (Å²) in [5.74, 6) is 0.343. The Balaban J connectivity index is 1.91. The van der Waals surface area contributed by atoms with E-state index in [0.29, 0.717) is 5.78 Å². The smallest absolute Gasteiger partial charge is 0.156 e. The summed E-state index contributed by atoms with van der Waals surface area (Å²) in [4.78, 5) is 11.7. The molecule has 134 valence electrons. The van der Waals surface area contributed by atoms with Crippen molar-refractivity contribution in [2.45, 2.75) is 117 Å². The van der Waals surface area contributed by atoms with Crippen LogP contribution in [0.3, 0.4) is 0 Å². The maximum atomic E-state index is 11.7. The minimum absolute atomic E-state index is 0.193. The third-order valence-corrected chi connectivity index (χ3v) is 5.07. The zero-order valence-corrected chi connectivity index (χ0v) is 16.1. The number of carbonyl (C=O) groups is 1. The number of allylic oxidation sites excluding steroid dienone is 2. The van der Waals surface area contributed by atoms with E-state index in [-0.39, 0.29) is 5.41 Å². The van der Waals surface area contributed by atoms with Gasteiger partial charge in [-0.3, -0.25) is 4.79 Å². The molecule has 0 amide bonds. The van der Waals surface area contributed by atoms with Gasteiger partial charge in [0.15, 0.2) is 5.78 Å².